The number of pyridine rings is 2. The average Bonchev–Trinajstić information content (AvgIpc) is 3.14. The average molecular weight is 601 g/mol. The number of hydrogen-bond acceptors (Lipinski definition) is 9. The number of nitrogens with one attached hydrogen (secondary N) is 1. The third kappa shape index (κ3) is 7.97. The van der Waals surface area contributed by atoms with Gasteiger partial charge in [0.1, 0.15) is 23.3 Å². The van der Waals surface area contributed by atoms with Gasteiger partial charge in [-0.15, -0.1) is 0 Å². The summed E-state index contributed by atoms with van der Waals surface area (Å²) in [4.78, 5) is 32.8. The Balaban J connectivity index is 0.00000184. The fourth-order valence-corrected chi connectivity index (χ4v) is 5.75. The van der Waals surface area contributed by atoms with E-state index in [0.29, 0.717) is 47.5 Å². The van der Waals surface area contributed by atoms with E-state index in [-0.39, 0.29) is 39.5 Å². The maximum absolute atomic E-state index is 12.0. The standard InChI is InChI=1S/C33H35N6O3.2CH3.Li/c1-4-6-26(40)10-7-22-13-14-39-18-23(22)19-41-30-16-28-31(38-33(30)39)32(36-20-35-28)37-25-9-12-29(21(3)15-25)42-27-11-8-24(5-2)34-17-27;;;/h4,6,8-9,11-12,15-17,20,22-23H,1,5,7,10,13-14,18-19H2,2-3H3,(H,35,36,37);2*1H3;/q3*-1;+1/b6-4+;;;/t22?,23-;;;/m0.../s1. The summed E-state index contributed by atoms with van der Waals surface area (Å²) in [6, 6.07) is 11.8. The first-order chi connectivity index (χ1) is 20.5. The van der Waals surface area contributed by atoms with Crippen LogP contribution in [0.25, 0.3) is 11.0 Å². The van der Waals surface area contributed by atoms with E-state index in [2.05, 4.69) is 39.0 Å². The summed E-state index contributed by atoms with van der Waals surface area (Å²) in [5.41, 5.74) is 4.28. The molecule has 9 nitrogen and oxygen atoms in total. The first-order valence-electron chi connectivity index (χ1n) is 14.5. The van der Waals surface area contributed by atoms with E-state index in [4.69, 9.17) is 14.5 Å². The van der Waals surface area contributed by atoms with Crippen LogP contribution in [0.15, 0.2) is 61.1 Å². The topological polar surface area (TPSA) is 102 Å². The summed E-state index contributed by atoms with van der Waals surface area (Å²) in [5, 5.41) is 3.43. The largest absolute Gasteiger partial charge is 1.00 e. The normalized spacial score (nSPS) is 16.7. The third-order valence-corrected chi connectivity index (χ3v) is 8.09. The fourth-order valence-electron chi connectivity index (χ4n) is 5.75. The Kier molecular flexibility index (Phi) is 12.4. The molecular formula is C35H41LiN6O3-2. The van der Waals surface area contributed by atoms with Crippen molar-refractivity contribution >= 4 is 34.1 Å². The molecule has 45 heavy (non-hydrogen) atoms. The number of anilines is 3. The number of carbonyl (C=O) groups excluding carboxylic acids is 1. The van der Waals surface area contributed by atoms with E-state index in [1.807, 2.05) is 43.3 Å². The maximum Gasteiger partial charge on any atom is 1.00 e. The quantitative estimate of drug-likeness (QED) is 0.171. The molecule has 2 aliphatic heterocycles. The van der Waals surface area contributed by atoms with Gasteiger partial charge in [0.25, 0.3) is 0 Å². The molecule has 2 atom stereocenters. The van der Waals surface area contributed by atoms with E-state index in [0.717, 1.165) is 66.6 Å². The molecule has 2 bridgehead atoms. The number of ether oxygens (including phenoxy) is 2. The molecule has 1 fully saturated rings. The number of rotatable bonds is 9. The van der Waals surface area contributed by atoms with Gasteiger partial charge in [-0.3, -0.25) is 4.98 Å². The van der Waals surface area contributed by atoms with Crippen molar-refractivity contribution in [1.29, 1.82) is 0 Å². The zero-order valence-electron chi connectivity index (χ0n) is 27.0. The van der Waals surface area contributed by atoms with E-state index < -0.39 is 0 Å². The number of allylic oxidation sites excluding steroid dienone is 2. The molecule has 3 aromatic heterocycles. The summed E-state index contributed by atoms with van der Waals surface area (Å²) in [6.45, 7) is 10.0. The van der Waals surface area contributed by atoms with Crippen LogP contribution in [0.3, 0.4) is 0 Å². The number of hydrogen-bond donors (Lipinski definition) is 1. The van der Waals surface area contributed by atoms with Crippen molar-refractivity contribution in [2.75, 3.05) is 29.9 Å². The Morgan fingerprint density at radius 1 is 1.18 bits per heavy atom. The van der Waals surface area contributed by atoms with Gasteiger partial charge < -0.3 is 39.3 Å². The first kappa shape index (κ1) is 35.4. The minimum Gasteiger partial charge on any atom is -0.489 e. The third-order valence-electron chi connectivity index (χ3n) is 8.09. The second-order valence-electron chi connectivity index (χ2n) is 10.9. The molecule has 0 aliphatic carbocycles. The summed E-state index contributed by atoms with van der Waals surface area (Å²) < 4.78 is 12.4. The van der Waals surface area contributed by atoms with Crippen LogP contribution < -0.4 is 38.6 Å². The number of fused-ring (bicyclic) bond motifs is 5. The molecule has 232 valence electrons. The Bertz CT molecular complexity index is 1630. The molecule has 0 amide bonds. The molecule has 0 saturated carbocycles. The maximum atomic E-state index is 12.0. The van der Waals surface area contributed by atoms with E-state index in [1.54, 1.807) is 24.7 Å². The van der Waals surface area contributed by atoms with Crippen molar-refractivity contribution in [2.24, 2.45) is 11.8 Å². The molecule has 1 saturated heterocycles. The number of aryl methyl sites for hydroxylation is 2. The van der Waals surface area contributed by atoms with Gasteiger partial charge >= 0.3 is 18.9 Å². The van der Waals surface area contributed by atoms with E-state index >= 15 is 0 Å². The van der Waals surface area contributed by atoms with Crippen LogP contribution in [0, 0.1) is 40.5 Å². The van der Waals surface area contributed by atoms with Crippen LogP contribution in [0.5, 0.6) is 17.2 Å². The predicted molar refractivity (Wildman–Crippen MR) is 176 cm³/mol. The van der Waals surface area contributed by atoms with Crippen molar-refractivity contribution in [1.82, 2.24) is 19.9 Å². The Morgan fingerprint density at radius 2 is 2.02 bits per heavy atom. The number of carbonyl (C=O) groups is 1. The summed E-state index contributed by atoms with van der Waals surface area (Å²) in [6.07, 6.45) is 9.71. The minimum absolute atomic E-state index is 0. The molecule has 1 N–H and O–H groups in total. The fraction of sp³-hybridized carbons (Fsp3) is 0.314. The molecule has 0 radical (unpaired) electrons. The molecule has 4 aromatic rings. The van der Waals surface area contributed by atoms with Crippen LogP contribution in [0.2, 0.25) is 0 Å². The van der Waals surface area contributed by atoms with Crippen molar-refractivity contribution in [3.63, 3.8) is 0 Å². The minimum atomic E-state index is 0. The van der Waals surface area contributed by atoms with E-state index in [1.165, 1.54) is 0 Å². The van der Waals surface area contributed by atoms with Crippen LogP contribution >= 0.6 is 0 Å². The predicted octanol–water partition coefficient (Wildman–Crippen LogP) is 4.31. The van der Waals surface area contributed by atoms with Crippen LogP contribution in [-0.2, 0) is 11.2 Å². The monoisotopic (exact) mass is 600 g/mol. The van der Waals surface area contributed by atoms with Gasteiger partial charge in [-0.25, -0.2) is 28.0 Å². The molecule has 6 rings (SSSR count). The summed E-state index contributed by atoms with van der Waals surface area (Å²) in [5.74, 6) is 4.56. The Hall–Kier alpha value is -4.06. The second-order valence-corrected chi connectivity index (χ2v) is 10.9. The SMILES string of the molecule is [CH2-]/C=C/C(=O)CCC1CCN2C[C@H]1COc1cc3ncnc(Nc4ccc(Oc5ccc(CC)nc5)c(C)c4)c3nc12.[CH3-].[CH3-].[Li+]. The van der Waals surface area contributed by atoms with Gasteiger partial charge in [0.05, 0.1) is 24.1 Å². The molecule has 0 spiro atoms. The van der Waals surface area contributed by atoms with Crippen LogP contribution in [0.1, 0.15) is 37.4 Å². The van der Waals surface area contributed by atoms with E-state index in [9.17, 15) is 4.79 Å². The molecule has 1 aromatic carbocycles. The van der Waals surface area contributed by atoms with Gasteiger partial charge in [0.15, 0.2) is 17.4 Å². The zero-order chi connectivity index (χ0) is 29.1. The molecule has 5 heterocycles. The smallest absolute Gasteiger partial charge is 0.489 e. The molecular weight excluding hydrogens is 559 g/mol. The van der Waals surface area contributed by atoms with Gasteiger partial charge in [0, 0.05) is 36.5 Å². The number of benzene rings is 1. The van der Waals surface area contributed by atoms with Gasteiger partial charge in [-0.1, -0.05) is 6.92 Å². The number of ketones is 1. The first-order valence-corrected chi connectivity index (χ1v) is 14.5. The van der Waals surface area contributed by atoms with Gasteiger partial charge in [0.2, 0.25) is 0 Å². The van der Waals surface area contributed by atoms with Crippen LogP contribution in [-0.4, -0.2) is 45.4 Å². The Labute approximate surface area is 279 Å². The number of aromatic nitrogens is 4. The van der Waals surface area contributed by atoms with Crippen molar-refractivity contribution in [2.45, 2.75) is 39.5 Å². The number of nitrogens with zero attached hydrogens (tertiary/aromatic N) is 5. The van der Waals surface area contributed by atoms with Crippen molar-refractivity contribution in [3.8, 4) is 17.2 Å². The molecule has 1 unspecified atom stereocenters. The zero-order valence-corrected chi connectivity index (χ0v) is 27.0. The Morgan fingerprint density at radius 3 is 2.76 bits per heavy atom. The summed E-state index contributed by atoms with van der Waals surface area (Å²) >= 11 is 0. The van der Waals surface area contributed by atoms with Crippen molar-refractivity contribution < 1.29 is 33.1 Å². The van der Waals surface area contributed by atoms with Gasteiger partial charge in [-0.05, 0) is 74.4 Å². The van der Waals surface area contributed by atoms with Crippen LogP contribution in [0.4, 0.5) is 17.3 Å². The molecule has 10 heteroatoms. The summed E-state index contributed by atoms with van der Waals surface area (Å²) in [7, 11) is 0. The number of piperidine rings is 1. The van der Waals surface area contributed by atoms with Gasteiger partial charge in [-0.2, -0.15) is 6.08 Å². The van der Waals surface area contributed by atoms with Crippen molar-refractivity contribution in [3.05, 3.63) is 94.1 Å². The molecule has 2 aliphatic rings. The second kappa shape index (κ2) is 15.8.